The minimum Gasteiger partial charge on any atom is -0.378 e. The number of benzene rings is 2. The monoisotopic (exact) mass is 307 g/mol. The van der Waals surface area contributed by atoms with E-state index < -0.39 is 9.84 Å². The molecule has 0 saturated carbocycles. The van der Waals surface area contributed by atoms with E-state index in [1.807, 2.05) is 6.92 Å². The molecular weight excluding hydrogens is 289 g/mol. The Morgan fingerprint density at radius 2 is 1.71 bits per heavy atom. The second kappa shape index (κ2) is 6.26. The van der Waals surface area contributed by atoms with Crippen molar-refractivity contribution in [2.24, 2.45) is 0 Å². The van der Waals surface area contributed by atoms with Gasteiger partial charge in [0.1, 0.15) is 5.82 Å². The quantitative estimate of drug-likeness (QED) is 0.914. The first-order valence-electron chi connectivity index (χ1n) is 6.78. The zero-order valence-electron chi connectivity index (χ0n) is 12.0. The fourth-order valence-electron chi connectivity index (χ4n) is 2.08. The molecule has 0 radical (unpaired) electrons. The van der Waals surface area contributed by atoms with Crippen molar-refractivity contribution in [3.05, 3.63) is 59.9 Å². The second-order valence-electron chi connectivity index (χ2n) is 4.82. The average Bonchev–Trinajstić information content (AvgIpc) is 2.48. The summed E-state index contributed by atoms with van der Waals surface area (Å²) in [7, 11) is -3.19. The number of hydrogen-bond acceptors (Lipinski definition) is 3. The number of hydrogen-bond donors (Lipinski definition) is 1. The van der Waals surface area contributed by atoms with Crippen LogP contribution in [0.25, 0.3) is 0 Å². The molecule has 0 spiro atoms. The minimum absolute atomic E-state index is 0.0748. The van der Waals surface area contributed by atoms with Crippen LogP contribution in [0.5, 0.6) is 0 Å². The predicted octanol–water partition coefficient (Wildman–Crippen LogP) is 3.79. The molecule has 0 saturated heterocycles. The van der Waals surface area contributed by atoms with Gasteiger partial charge in [0.25, 0.3) is 0 Å². The van der Waals surface area contributed by atoms with Crippen molar-refractivity contribution in [3.8, 4) is 0 Å². The molecule has 1 atom stereocenters. The molecule has 2 rings (SSSR count). The van der Waals surface area contributed by atoms with Crippen LogP contribution in [-0.2, 0) is 9.84 Å². The van der Waals surface area contributed by atoms with Gasteiger partial charge in [0.15, 0.2) is 9.84 Å². The van der Waals surface area contributed by atoms with Gasteiger partial charge in [-0.1, -0.05) is 25.1 Å². The van der Waals surface area contributed by atoms with Gasteiger partial charge in [-0.3, -0.25) is 0 Å². The first-order chi connectivity index (χ1) is 9.94. The van der Waals surface area contributed by atoms with E-state index >= 15 is 0 Å². The molecular formula is C16H18FNO2S. The molecule has 21 heavy (non-hydrogen) atoms. The van der Waals surface area contributed by atoms with Crippen molar-refractivity contribution in [2.75, 3.05) is 11.1 Å². The molecule has 5 heteroatoms. The summed E-state index contributed by atoms with van der Waals surface area (Å²) >= 11 is 0. The lowest BCUT2D eigenvalue weighted by Gasteiger charge is -2.16. The molecule has 0 bridgehead atoms. The summed E-state index contributed by atoms with van der Waals surface area (Å²) in [5, 5.41) is 3.16. The predicted molar refractivity (Wildman–Crippen MR) is 82.6 cm³/mol. The van der Waals surface area contributed by atoms with Gasteiger partial charge in [0.2, 0.25) is 0 Å². The Labute approximate surface area is 124 Å². The van der Waals surface area contributed by atoms with Crippen LogP contribution in [0, 0.1) is 5.82 Å². The third-order valence-corrected chi connectivity index (χ3v) is 5.10. The van der Waals surface area contributed by atoms with E-state index in [-0.39, 0.29) is 17.6 Å². The lowest BCUT2D eigenvalue weighted by atomic mass is 10.1. The number of halogens is 1. The Morgan fingerprint density at radius 3 is 2.29 bits per heavy atom. The number of nitrogens with one attached hydrogen (secondary N) is 1. The van der Waals surface area contributed by atoms with Gasteiger partial charge >= 0.3 is 0 Å². The molecule has 1 unspecified atom stereocenters. The van der Waals surface area contributed by atoms with E-state index in [1.54, 1.807) is 49.4 Å². The van der Waals surface area contributed by atoms with Crippen molar-refractivity contribution in [2.45, 2.75) is 24.8 Å². The van der Waals surface area contributed by atoms with E-state index in [4.69, 9.17) is 0 Å². The van der Waals surface area contributed by atoms with Crippen LogP contribution in [-0.4, -0.2) is 14.2 Å². The summed E-state index contributed by atoms with van der Waals surface area (Å²) in [6.07, 6.45) is 0. The SMILES string of the molecule is CCS(=O)(=O)c1ccc(NC(C)c2ccccc2F)cc1. The summed E-state index contributed by atoms with van der Waals surface area (Å²) < 4.78 is 37.2. The molecule has 112 valence electrons. The zero-order valence-corrected chi connectivity index (χ0v) is 12.8. The fraction of sp³-hybridized carbons (Fsp3) is 0.250. The first-order valence-corrected chi connectivity index (χ1v) is 8.43. The second-order valence-corrected chi connectivity index (χ2v) is 7.09. The Balaban J connectivity index is 2.16. The highest BCUT2D eigenvalue weighted by molar-refractivity contribution is 7.91. The van der Waals surface area contributed by atoms with Crippen molar-refractivity contribution in [1.29, 1.82) is 0 Å². The van der Waals surface area contributed by atoms with Gasteiger partial charge in [0.05, 0.1) is 16.7 Å². The topological polar surface area (TPSA) is 46.2 Å². The molecule has 3 nitrogen and oxygen atoms in total. The van der Waals surface area contributed by atoms with E-state index in [9.17, 15) is 12.8 Å². The minimum atomic E-state index is -3.19. The van der Waals surface area contributed by atoms with Crippen LogP contribution in [0.1, 0.15) is 25.5 Å². The Morgan fingerprint density at radius 1 is 1.10 bits per heavy atom. The number of anilines is 1. The Kier molecular flexibility index (Phi) is 4.63. The zero-order chi connectivity index (χ0) is 15.5. The van der Waals surface area contributed by atoms with Gasteiger partial charge in [0, 0.05) is 11.3 Å². The standard InChI is InChI=1S/C16H18FNO2S/c1-3-21(19,20)14-10-8-13(9-11-14)18-12(2)15-6-4-5-7-16(15)17/h4-12,18H,3H2,1-2H3. The highest BCUT2D eigenvalue weighted by atomic mass is 32.2. The van der Waals surface area contributed by atoms with Gasteiger partial charge in [-0.15, -0.1) is 0 Å². The van der Waals surface area contributed by atoms with Crippen LogP contribution in [0.4, 0.5) is 10.1 Å². The molecule has 2 aromatic rings. The molecule has 0 aromatic heterocycles. The summed E-state index contributed by atoms with van der Waals surface area (Å²) in [5.74, 6) is -0.187. The van der Waals surface area contributed by atoms with Crippen LogP contribution in [0.3, 0.4) is 0 Å². The normalized spacial score (nSPS) is 12.9. The molecule has 0 fully saturated rings. The third-order valence-electron chi connectivity index (χ3n) is 3.35. The molecule has 0 aliphatic carbocycles. The summed E-state index contributed by atoms with van der Waals surface area (Å²) in [4.78, 5) is 0.300. The summed E-state index contributed by atoms with van der Waals surface area (Å²) in [6, 6.07) is 12.9. The van der Waals surface area contributed by atoms with Crippen LogP contribution < -0.4 is 5.32 Å². The summed E-state index contributed by atoms with van der Waals surface area (Å²) in [5.41, 5.74) is 1.32. The highest BCUT2D eigenvalue weighted by Crippen LogP contribution is 2.22. The van der Waals surface area contributed by atoms with E-state index in [0.717, 1.165) is 5.69 Å². The van der Waals surface area contributed by atoms with Crippen LogP contribution >= 0.6 is 0 Å². The van der Waals surface area contributed by atoms with E-state index in [1.165, 1.54) is 6.07 Å². The molecule has 2 aromatic carbocycles. The van der Waals surface area contributed by atoms with Gasteiger partial charge in [-0.2, -0.15) is 0 Å². The maximum atomic E-state index is 13.7. The van der Waals surface area contributed by atoms with Crippen molar-refractivity contribution in [3.63, 3.8) is 0 Å². The molecule has 0 amide bonds. The number of sulfone groups is 1. The van der Waals surface area contributed by atoms with E-state index in [0.29, 0.717) is 10.5 Å². The molecule has 0 aliphatic heterocycles. The Bertz CT molecular complexity index is 711. The lowest BCUT2D eigenvalue weighted by Crippen LogP contribution is -2.09. The van der Waals surface area contributed by atoms with Crippen molar-refractivity contribution in [1.82, 2.24) is 0 Å². The van der Waals surface area contributed by atoms with Crippen LogP contribution in [0.2, 0.25) is 0 Å². The van der Waals surface area contributed by atoms with Crippen LogP contribution in [0.15, 0.2) is 53.4 Å². The van der Waals surface area contributed by atoms with Gasteiger partial charge in [-0.05, 0) is 37.3 Å². The third kappa shape index (κ3) is 3.61. The average molecular weight is 307 g/mol. The number of rotatable bonds is 5. The Hall–Kier alpha value is -1.88. The smallest absolute Gasteiger partial charge is 0.178 e. The van der Waals surface area contributed by atoms with Gasteiger partial charge in [-0.25, -0.2) is 12.8 Å². The molecule has 0 heterocycles. The highest BCUT2D eigenvalue weighted by Gasteiger charge is 2.12. The maximum Gasteiger partial charge on any atom is 0.178 e. The maximum absolute atomic E-state index is 13.7. The summed E-state index contributed by atoms with van der Waals surface area (Å²) in [6.45, 7) is 3.47. The van der Waals surface area contributed by atoms with Gasteiger partial charge < -0.3 is 5.32 Å². The lowest BCUT2D eigenvalue weighted by molar-refractivity contribution is 0.597. The fourth-order valence-corrected chi connectivity index (χ4v) is 2.96. The van der Waals surface area contributed by atoms with Crippen molar-refractivity contribution >= 4 is 15.5 Å². The first kappa shape index (κ1) is 15.5. The van der Waals surface area contributed by atoms with E-state index in [2.05, 4.69) is 5.32 Å². The molecule has 0 aliphatic rings. The van der Waals surface area contributed by atoms with Crippen molar-refractivity contribution < 1.29 is 12.8 Å². The molecule has 1 N–H and O–H groups in total. The largest absolute Gasteiger partial charge is 0.378 e.